The highest BCUT2D eigenvalue weighted by Crippen LogP contribution is 2.31. The normalized spacial score (nSPS) is 18.3. The number of amides is 1. The molecule has 0 bridgehead atoms. The largest absolute Gasteiger partial charge is 0.480 e. The summed E-state index contributed by atoms with van der Waals surface area (Å²) in [5.74, 6) is -1.02. The lowest BCUT2D eigenvalue weighted by atomic mass is 9.79. The number of nitrogens with zero attached hydrogens (tertiary/aromatic N) is 1. The van der Waals surface area contributed by atoms with Gasteiger partial charge in [0.25, 0.3) is 0 Å². The molecular formula is C14H26N2O3. The first-order chi connectivity index (χ1) is 8.90. The Morgan fingerprint density at radius 1 is 1.26 bits per heavy atom. The first-order valence-electron chi connectivity index (χ1n) is 7.10. The van der Waals surface area contributed by atoms with Crippen LogP contribution in [0.3, 0.4) is 0 Å². The van der Waals surface area contributed by atoms with Crippen LogP contribution in [0.4, 0.5) is 0 Å². The van der Waals surface area contributed by atoms with Crippen LogP contribution in [0, 0.1) is 0 Å². The zero-order valence-electron chi connectivity index (χ0n) is 12.2. The molecule has 0 radical (unpaired) electrons. The number of carbonyl (C=O) groups is 2. The summed E-state index contributed by atoms with van der Waals surface area (Å²) >= 11 is 0. The summed E-state index contributed by atoms with van der Waals surface area (Å²) in [6.45, 7) is 3.50. The lowest BCUT2D eigenvalue weighted by molar-refractivity contribution is -0.146. The molecule has 1 aliphatic rings. The number of carbonyl (C=O) groups excluding carboxylic acids is 1. The molecule has 1 rings (SSSR count). The molecule has 1 aliphatic carbocycles. The highest BCUT2D eigenvalue weighted by molar-refractivity contribution is 5.82. The SMILES string of the molecule is CNC1(CC(=O)N(CC(=O)O)C(C)C)CCCCC1. The maximum atomic E-state index is 12.4. The molecule has 0 aliphatic heterocycles. The molecule has 19 heavy (non-hydrogen) atoms. The van der Waals surface area contributed by atoms with Crippen molar-refractivity contribution in [2.24, 2.45) is 0 Å². The number of rotatable bonds is 6. The maximum absolute atomic E-state index is 12.4. The minimum Gasteiger partial charge on any atom is -0.480 e. The molecule has 0 unspecified atom stereocenters. The van der Waals surface area contributed by atoms with Crippen molar-refractivity contribution >= 4 is 11.9 Å². The van der Waals surface area contributed by atoms with Crippen LogP contribution in [-0.2, 0) is 9.59 Å². The van der Waals surface area contributed by atoms with Crippen molar-refractivity contribution in [2.75, 3.05) is 13.6 Å². The van der Waals surface area contributed by atoms with Gasteiger partial charge in [0.2, 0.25) is 5.91 Å². The van der Waals surface area contributed by atoms with E-state index in [9.17, 15) is 9.59 Å². The zero-order chi connectivity index (χ0) is 14.5. The molecule has 1 amide bonds. The summed E-state index contributed by atoms with van der Waals surface area (Å²) in [6.07, 6.45) is 5.88. The third-order valence-corrected chi connectivity index (χ3v) is 4.08. The molecule has 0 aromatic rings. The van der Waals surface area contributed by atoms with Crippen molar-refractivity contribution in [3.63, 3.8) is 0 Å². The van der Waals surface area contributed by atoms with Gasteiger partial charge in [-0.05, 0) is 33.7 Å². The lowest BCUT2D eigenvalue weighted by Crippen LogP contribution is -2.50. The third-order valence-electron chi connectivity index (χ3n) is 4.08. The molecule has 5 nitrogen and oxygen atoms in total. The molecule has 0 aromatic carbocycles. The van der Waals surface area contributed by atoms with E-state index in [4.69, 9.17) is 5.11 Å². The van der Waals surface area contributed by atoms with Crippen LogP contribution in [0.15, 0.2) is 0 Å². The minimum atomic E-state index is -0.954. The summed E-state index contributed by atoms with van der Waals surface area (Å²) in [5.41, 5.74) is -0.138. The summed E-state index contributed by atoms with van der Waals surface area (Å²) in [6, 6.07) is -0.0823. The first kappa shape index (κ1) is 16.0. The Morgan fingerprint density at radius 3 is 2.26 bits per heavy atom. The molecule has 0 heterocycles. The average Bonchev–Trinajstić information content (AvgIpc) is 2.36. The van der Waals surface area contributed by atoms with E-state index in [0.717, 1.165) is 25.7 Å². The van der Waals surface area contributed by atoms with Crippen LogP contribution in [-0.4, -0.2) is 47.1 Å². The summed E-state index contributed by atoms with van der Waals surface area (Å²) in [4.78, 5) is 24.7. The van der Waals surface area contributed by atoms with E-state index >= 15 is 0 Å². The molecule has 1 fully saturated rings. The van der Waals surface area contributed by atoms with E-state index in [0.29, 0.717) is 6.42 Å². The van der Waals surface area contributed by atoms with Crippen molar-refractivity contribution in [1.82, 2.24) is 10.2 Å². The van der Waals surface area contributed by atoms with E-state index in [1.165, 1.54) is 11.3 Å². The van der Waals surface area contributed by atoms with Gasteiger partial charge >= 0.3 is 5.97 Å². The Labute approximate surface area is 115 Å². The van der Waals surface area contributed by atoms with E-state index < -0.39 is 5.97 Å². The van der Waals surface area contributed by atoms with Gasteiger partial charge in [-0.25, -0.2) is 0 Å². The fraction of sp³-hybridized carbons (Fsp3) is 0.857. The first-order valence-corrected chi connectivity index (χ1v) is 7.10. The zero-order valence-corrected chi connectivity index (χ0v) is 12.2. The quantitative estimate of drug-likeness (QED) is 0.769. The second kappa shape index (κ2) is 6.89. The summed E-state index contributed by atoms with van der Waals surface area (Å²) in [7, 11) is 1.90. The van der Waals surface area contributed by atoms with Crippen LogP contribution < -0.4 is 5.32 Å². The van der Waals surface area contributed by atoms with Gasteiger partial charge in [-0.3, -0.25) is 9.59 Å². The molecule has 110 valence electrons. The predicted octanol–water partition coefficient (Wildman–Crippen LogP) is 1.62. The van der Waals surface area contributed by atoms with Crippen LogP contribution in [0.25, 0.3) is 0 Å². The van der Waals surface area contributed by atoms with E-state index in [1.807, 2.05) is 20.9 Å². The van der Waals surface area contributed by atoms with Crippen LogP contribution in [0.5, 0.6) is 0 Å². The van der Waals surface area contributed by atoms with Crippen LogP contribution in [0.1, 0.15) is 52.4 Å². The van der Waals surface area contributed by atoms with Crippen LogP contribution in [0.2, 0.25) is 0 Å². The minimum absolute atomic E-state index is 0.0614. The van der Waals surface area contributed by atoms with Gasteiger partial charge in [-0.2, -0.15) is 0 Å². The van der Waals surface area contributed by atoms with Crippen LogP contribution >= 0.6 is 0 Å². The number of aliphatic carboxylic acids is 1. The van der Waals surface area contributed by atoms with Gasteiger partial charge in [0.1, 0.15) is 6.54 Å². The number of hydrogen-bond donors (Lipinski definition) is 2. The van der Waals surface area contributed by atoms with Gasteiger partial charge in [0.05, 0.1) is 0 Å². The van der Waals surface area contributed by atoms with Crippen molar-refractivity contribution in [3.8, 4) is 0 Å². The molecule has 5 heteroatoms. The van der Waals surface area contributed by atoms with Gasteiger partial charge in [0.15, 0.2) is 0 Å². The van der Waals surface area contributed by atoms with Crippen molar-refractivity contribution < 1.29 is 14.7 Å². The van der Waals surface area contributed by atoms with E-state index in [2.05, 4.69) is 5.32 Å². The average molecular weight is 270 g/mol. The van der Waals surface area contributed by atoms with Gasteiger partial charge < -0.3 is 15.3 Å². The van der Waals surface area contributed by atoms with Crippen molar-refractivity contribution in [2.45, 2.75) is 64.0 Å². The van der Waals surface area contributed by atoms with Gasteiger partial charge in [-0.15, -0.1) is 0 Å². The van der Waals surface area contributed by atoms with Crippen molar-refractivity contribution in [1.29, 1.82) is 0 Å². The predicted molar refractivity (Wildman–Crippen MR) is 74.0 cm³/mol. The van der Waals surface area contributed by atoms with Gasteiger partial charge in [-0.1, -0.05) is 19.3 Å². The standard InChI is InChI=1S/C14H26N2O3/c1-11(2)16(10-13(18)19)12(17)9-14(15-3)7-5-4-6-8-14/h11,15H,4-10H2,1-3H3,(H,18,19). The van der Waals surface area contributed by atoms with Gasteiger partial charge in [0, 0.05) is 18.0 Å². The Kier molecular flexibility index (Phi) is 5.79. The van der Waals surface area contributed by atoms with E-state index in [1.54, 1.807) is 0 Å². The highest BCUT2D eigenvalue weighted by Gasteiger charge is 2.34. The maximum Gasteiger partial charge on any atom is 0.323 e. The molecule has 0 aromatic heterocycles. The molecule has 2 N–H and O–H groups in total. The molecule has 0 saturated heterocycles. The number of hydrogen-bond acceptors (Lipinski definition) is 3. The molecule has 0 atom stereocenters. The fourth-order valence-electron chi connectivity index (χ4n) is 2.84. The Balaban J connectivity index is 2.71. The third kappa shape index (κ3) is 4.49. The summed E-state index contributed by atoms with van der Waals surface area (Å²) < 4.78 is 0. The fourth-order valence-corrected chi connectivity index (χ4v) is 2.84. The monoisotopic (exact) mass is 270 g/mol. The lowest BCUT2D eigenvalue weighted by Gasteiger charge is -2.38. The van der Waals surface area contributed by atoms with Crippen molar-refractivity contribution in [3.05, 3.63) is 0 Å². The van der Waals surface area contributed by atoms with E-state index in [-0.39, 0.29) is 24.0 Å². The Hall–Kier alpha value is -1.10. The topological polar surface area (TPSA) is 69.6 Å². The highest BCUT2D eigenvalue weighted by atomic mass is 16.4. The number of nitrogens with one attached hydrogen (secondary N) is 1. The second-order valence-corrected chi connectivity index (χ2v) is 5.78. The Morgan fingerprint density at radius 2 is 1.84 bits per heavy atom. The second-order valence-electron chi connectivity index (χ2n) is 5.78. The number of carboxylic acid groups (broad SMARTS) is 1. The smallest absolute Gasteiger partial charge is 0.323 e. The number of carboxylic acids is 1. The molecular weight excluding hydrogens is 244 g/mol. The Bertz CT molecular complexity index is 323. The molecule has 0 spiro atoms. The summed E-state index contributed by atoms with van der Waals surface area (Å²) in [5, 5.41) is 12.2. The molecule has 1 saturated carbocycles.